The lowest BCUT2D eigenvalue weighted by Gasteiger charge is -2.45. The third-order valence-corrected chi connectivity index (χ3v) is 4.28. The third-order valence-electron chi connectivity index (χ3n) is 4.28. The van der Waals surface area contributed by atoms with E-state index in [1.807, 2.05) is 0 Å². The number of nitrogens with zero attached hydrogens (tertiary/aromatic N) is 1. The van der Waals surface area contributed by atoms with Crippen LogP contribution in [0.25, 0.3) is 0 Å². The van der Waals surface area contributed by atoms with Gasteiger partial charge in [-0.1, -0.05) is 0 Å². The first-order valence-corrected chi connectivity index (χ1v) is 7.72. The van der Waals surface area contributed by atoms with Crippen molar-refractivity contribution < 1.29 is 34.1 Å². The van der Waals surface area contributed by atoms with E-state index >= 15 is 0 Å². The van der Waals surface area contributed by atoms with Gasteiger partial charge in [0.2, 0.25) is 12.7 Å². The summed E-state index contributed by atoms with van der Waals surface area (Å²) in [6, 6.07) is -0.669. The van der Waals surface area contributed by atoms with Gasteiger partial charge in [0.25, 0.3) is 0 Å². The molecule has 1 unspecified atom stereocenters. The molecular formula is C16H23NO7. The SMILES string of the molecule is CC1=C(C(=O)OCOC(=O)C(C)(C)C)N2C(=O)[C@H]([C@@H](C)O)[C@H]2C1O. The fourth-order valence-electron chi connectivity index (χ4n) is 2.89. The summed E-state index contributed by atoms with van der Waals surface area (Å²) >= 11 is 0. The van der Waals surface area contributed by atoms with Crippen molar-refractivity contribution in [1.82, 2.24) is 4.90 Å². The van der Waals surface area contributed by atoms with Crippen molar-refractivity contribution in [3.63, 3.8) is 0 Å². The molecule has 134 valence electrons. The van der Waals surface area contributed by atoms with Crippen LogP contribution in [0.5, 0.6) is 0 Å². The lowest BCUT2D eigenvalue weighted by atomic mass is 9.81. The van der Waals surface area contributed by atoms with Crippen LogP contribution in [0, 0.1) is 11.3 Å². The molecule has 1 amide bonds. The number of β-lactam (4-membered cyclic amide) rings is 1. The summed E-state index contributed by atoms with van der Waals surface area (Å²) in [6.45, 7) is 7.40. The van der Waals surface area contributed by atoms with Crippen LogP contribution in [0.2, 0.25) is 0 Å². The van der Waals surface area contributed by atoms with Crippen LogP contribution in [0.4, 0.5) is 0 Å². The first-order chi connectivity index (χ1) is 11.0. The van der Waals surface area contributed by atoms with Gasteiger partial charge in [0.15, 0.2) is 0 Å². The van der Waals surface area contributed by atoms with Gasteiger partial charge in [-0.2, -0.15) is 0 Å². The summed E-state index contributed by atoms with van der Waals surface area (Å²) in [5.41, 5.74) is -0.487. The van der Waals surface area contributed by atoms with Crippen molar-refractivity contribution >= 4 is 17.8 Å². The predicted octanol–water partition coefficient (Wildman–Crippen LogP) is -0.0673. The number of fused-ring (bicyclic) bond motifs is 1. The topological polar surface area (TPSA) is 113 Å². The number of carbonyl (C=O) groups excluding carboxylic acids is 3. The molecule has 1 fully saturated rings. The van der Waals surface area contributed by atoms with Gasteiger partial charge >= 0.3 is 11.9 Å². The Morgan fingerprint density at radius 2 is 1.88 bits per heavy atom. The molecule has 2 heterocycles. The fraction of sp³-hybridized carbons (Fsp3) is 0.688. The smallest absolute Gasteiger partial charge is 0.357 e. The molecule has 0 radical (unpaired) electrons. The zero-order chi connectivity index (χ0) is 18.4. The molecule has 0 bridgehead atoms. The van der Waals surface area contributed by atoms with E-state index in [0.29, 0.717) is 5.57 Å². The standard InChI is InChI=1S/C16H23NO7/c1-7-10(14(21)23-6-24-15(22)16(3,4)5)17-11(12(7)19)9(8(2)18)13(17)20/h8-9,11-12,18-19H,6H2,1-5H3/t8-,9-,11+,12?/m1/s1. The predicted molar refractivity (Wildman–Crippen MR) is 81.0 cm³/mol. The molecule has 0 aromatic carbocycles. The first-order valence-electron chi connectivity index (χ1n) is 7.72. The van der Waals surface area contributed by atoms with Gasteiger partial charge in [-0.15, -0.1) is 0 Å². The maximum absolute atomic E-state index is 12.2. The largest absolute Gasteiger partial charge is 0.427 e. The van der Waals surface area contributed by atoms with Crippen molar-refractivity contribution in [3.8, 4) is 0 Å². The molecule has 8 nitrogen and oxygen atoms in total. The Kier molecular flexibility index (Phi) is 4.74. The van der Waals surface area contributed by atoms with E-state index in [2.05, 4.69) is 0 Å². The van der Waals surface area contributed by atoms with Gasteiger partial charge in [0.05, 0.1) is 29.6 Å². The number of rotatable bonds is 4. The number of aliphatic hydroxyl groups excluding tert-OH is 2. The van der Waals surface area contributed by atoms with E-state index in [0.717, 1.165) is 4.90 Å². The highest BCUT2D eigenvalue weighted by Crippen LogP contribution is 2.43. The van der Waals surface area contributed by atoms with Crippen molar-refractivity contribution in [2.75, 3.05) is 6.79 Å². The molecule has 1 saturated heterocycles. The Labute approximate surface area is 140 Å². The number of carbonyl (C=O) groups is 3. The molecule has 4 atom stereocenters. The minimum absolute atomic E-state index is 0.0544. The van der Waals surface area contributed by atoms with Gasteiger partial charge < -0.3 is 19.7 Å². The Bertz CT molecular complexity index is 602. The van der Waals surface area contributed by atoms with Crippen LogP contribution in [0.15, 0.2) is 11.3 Å². The summed E-state index contributed by atoms with van der Waals surface area (Å²) in [7, 11) is 0. The van der Waals surface area contributed by atoms with E-state index in [9.17, 15) is 24.6 Å². The number of aliphatic hydroxyl groups is 2. The van der Waals surface area contributed by atoms with Gasteiger partial charge in [0.1, 0.15) is 5.70 Å². The number of amides is 1. The van der Waals surface area contributed by atoms with Gasteiger partial charge in [-0.3, -0.25) is 14.5 Å². The van der Waals surface area contributed by atoms with E-state index in [-0.39, 0.29) is 5.70 Å². The maximum Gasteiger partial charge on any atom is 0.357 e. The minimum atomic E-state index is -1.04. The van der Waals surface area contributed by atoms with Crippen LogP contribution in [0.1, 0.15) is 34.6 Å². The molecule has 2 aliphatic heterocycles. The summed E-state index contributed by atoms with van der Waals surface area (Å²) < 4.78 is 9.75. The lowest BCUT2D eigenvalue weighted by molar-refractivity contribution is -0.176. The molecule has 0 spiro atoms. The quantitative estimate of drug-likeness (QED) is 0.418. The zero-order valence-electron chi connectivity index (χ0n) is 14.4. The molecule has 2 rings (SSSR count). The zero-order valence-corrected chi connectivity index (χ0v) is 14.4. The average molecular weight is 341 g/mol. The van der Waals surface area contributed by atoms with Crippen molar-refractivity contribution in [1.29, 1.82) is 0 Å². The molecule has 0 saturated carbocycles. The molecule has 8 heteroatoms. The second-order valence-electron chi connectivity index (χ2n) is 7.17. The highest BCUT2D eigenvalue weighted by atomic mass is 16.7. The second-order valence-corrected chi connectivity index (χ2v) is 7.17. The molecule has 0 aromatic rings. The van der Waals surface area contributed by atoms with Crippen LogP contribution in [0.3, 0.4) is 0 Å². The number of hydrogen-bond acceptors (Lipinski definition) is 7. The highest BCUT2D eigenvalue weighted by molar-refractivity contribution is 6.01. The van der Waals surface area contributed by atoms with Gasteiger partial charge in [0, 0.05) is 0 Å². The second kappa shape index (κ2) is 6.18. The maximum atomic E-state index is 12.2. The minimum Gasteiger partial charge on any atom is -0.427 e. The molecule has 2 aliphatic rings. The Hall–Kier alpha value is -1.93. The number of esters is 2. The van der Waals surface area contributed by atoms with Crippen LogP contribution < -0.4 is 0 Å². The van der Waals surface area contributed by atoms with Crippen LogP contribution >= 0.6 is 0 Å². The Morgan fingerprint density at radius 3 is 2.38 bits per heavy atom. The summed E-state index contributed by atoms with van der Waals surface area (Å²) in [5.74, 6) is -2.57. The Balaban J connectivity index is 2.03. The summed E-state index contributed by atoms with van der Waals surface area (Å²) in [5, 5.41) is 19.9. The molecule has 0 aliphatic carbocycles. The molecule has 0 aromatic heterocycles. The van der Waals surface area contributed by atoms with E-state index in [1.165, 1.54) is 13.8 Å². The Morgan fingerprint density at radius 1 is 1.29 bits per heavy atom. The average Bonchev–Trinajstić information content (AvgIpc) is 2.67. The van der Waals surface area contributed by atoms with Crippen molar-refractivity contribution in [3.05, 3.63) is 11.3 Å². The van der Waals surface area contributed by atoms with Gasteiger partial charge in [-0.05, 0) is 40.2 Å². The van der Waals surface area contributed by atoms with Crippen LogP contribution in [-0.4, -0.2) is 58.0 Å². The molecular weight excluding hydrogens is 318 g/mol. The summed E-state index contributed by atoms with van der Waals surface area (Å²) in [6.07, 6.45) is -1.97. The van der Waals surface area contributed by atoms with E-state index < -0.39 is 54.2 Å². The monoisotopic (exact) mass is 341 g/mol. The highest BCUT2D eigenvalue weighted by Gasteiger charge is 2.60. The third kappa shape index (κ3) is 2.91. The molecule has 2 N–H and O–H groups in total. The van der Waals surface area contributed by atoms with Crippen molar-refractivity contribution in [2.45, 2.75) is 52.9 Å². The molecule has 24 heavy (non-hydrogen) atoms. The van der Waals surface area contributed by atoms with E-state index in [4.69, 9.17) is 9.47 Å². The first kappa shape index (κ1) is 18.4. The summed E-state index contributed by atoms with van der Waals surface area (Å²) in [4.78, 5) is 37.1. The normalized spacial score (nSPS) is 27.5. The fourth-order valence-corrected chi connectivity index (χ4v) is 2.89. The number of hydrogen-bond donors (Lipinski definition) is 2. The van der Waals surface area contributed by atoms with E-state index in [1.54, 1.807) is 20.8 Å². The lowest BCUT2D eigenvalue weighted by Crippen LogP contribution is -2.65. The van der Waals surface area contributed by atoms with Crippen LogP contribution in [-0.2, 0) is 23.9 Å². The number of ether oxygens (including phenoxy) is 2. The van der Waals surface area contributed by atoms with Gasteiger partial charge in [-0.25, -0.2) is 4.79 Å². The van der Waals surface area contributed by atoms with Crippen molar-refractivity contribution in [2.24, 2.45) is 11.3 Å².